The van der Waals surface area contributed by atoms with Crippen molar-refractivity contribution in [3.63, 3.8) is 0 Å². The molecule has 0 unspecified atom stereocenters. The molecule has 6 heteroatoms. The predicted molar refractivity (Wildman–Crippen MR) is 107 cm³/mol. The van der Waals surface area contributed by atoms with Crippen LogP contribution in [0.1, 0.15) is 34.9 Å². The van der Waals surface area contributed by atoms with E-state index < -0.39 is 0 Å². The number of hydrazine groups is 1. The number of amides is 2. The first-order chi connectivity index (χ1) is 13.5. The topological polar surface area (TPSA) is 76.0 Å². The summed E-state index contributed by atoms with van der Waals surface area (Å²) in [6, 6.07) is 21.7. The molecule has 0 aliphatic heterocycles. The van der Waals surface area contributed by atoms with Gasteiger partial charge in [0.2, 0.25) is 5.91 Å². The van der Waals surface area contributed by atoms with Gasteiger partial charge in [-0.15, -0.1) is 0 Å². The molecular formula is C22H24N4O2. The van der Waals surface area contributed by atoms with Crippen LogP contribution in [0.2, 0.25) is 0 Å². The molecule has 0 saturated heterocycles. The number of benzene rings is 2. The number of aryl methyl sites for hydroxylation is 2. The summed E-state index contributed by atoms with van der Waals surface area (Å²) in [6.07, 6.45) is 0.230. The van der Waals surface area contributed by atoms with Crippen LogP contribution in [-0.4, -0.2) is 21.6 Å². The smallest absolute Gasteiger partial charge is 0.260 e. The Morgan fingerprint density at radius 3 is 1.93 bits per heavy atom. The highest BCUT2D eigenvalue weighted by atomic mass is 16.2. The Morgan fingerprint density at radius 1 is 0.893 bits per heavy atom. The average Bonchev–Trinajstić information content (AvgIpc) is 3.02. The second kappa shape index (κ2) is 8.99. The molecule has 0 radical (unpaired) electrons. The molecule has 2 amide bonds. The van der Waals surface area contributed by atoms with Crippen molar-refractivity contribution in [2.24, 2.45) is 0 Å². The molecule has 28 heavy (non-hydrogen) atoms. The molecule has 3 rings (SSSR count). The number of nitrogens with one attached hydrogen (secondary N) is 2. The summed E-state index contributed by atoms with van der Waals surface area (Å²) in [5.74, 6) is -0.662. The number of hydrogen-bond acceptors (Lipinski definition) is 3. The summed E-state index contributed by atoms with van der Waals surface area (Å²) < 4.78 is 1.60. The van der Waals surface area contributed by atoms with Crippen LogP contribution in [0.25, 0.3) is 0 Å². The SMILES string of the molecule is Cc1cc(C)n(CC(=O)NNC(=O)CC(c2ccccc2)c2ccccc2)n1. The minimum Gasteiger partial charge on any atom is -0.273 e. The Bertz CT molecular complexity index is 896. The summed E-state index contributed by atoms with van der Waals surface area (Å²) in [7, 11) is 0. The fraction of sp³-hybridized carbons (Fsp3) is 0.227. The van der Waals surface area contributed by atoms with Crippen molar-refractivity contribution in [2.45, 2.75) is 32.7 Å². The molecule has 0 bridgehead atoms. The van der Waals surface area contributed by atoms with E-state index in [9.17, 15) is 9.59 Å². The third-order valence-corrected chi connectivity index (χ3v) is 4.53. The highest BCUT2D eigenvalue weighted by molar-refractivity contribution is 5.82. The van der Waals surface area contributed by atoms with Crippen LogP contribution in [0.15, 0.2) is 66.7 Å². The van der Waals surface area contributed by atoms with Crippen molar-refractivity contribution >= 4 is 11.8 Å². The maximum atomic E-state index is 12.5. The van der Waals surface area contributed by atoms with E-state index in [4.69, 9.17) is 0 Å². The third kappa shape index (κ3) is 5.07. The van der Waals surface area contributed by atoms with Gasteiger partial charge in [0.05, 0.1) is 5.69 Å². The lowest BCUT2D eigenvalue weighted by Gasteiger charge is -2.18. The number of rotatable bonds is 6. The Morgan fingerprint density at radius 2 is 1.43 bits per heavy atom. The second-order valence-electron chi connectivity index (χ2n) is 6.76. The largest absolute Gasteiger partial charge is 0.273 e. The highest BCUT2D eigenvalue weighted by Crippen LogP contribution is 2.27. The van der Waals surface area contributed by atoms with Crippen molar-refractivity contribution < 1.29 is 9.59 Å². The van der Waals surface area contributed by atoms with Crippen LogP contribution in [-0.2, 0) is 16.1 Å². The number of nitrogens with zero attached hydrogens (tertiary/aromatic N) is 2. The van der Waals surface area contributed by atoms with Gasteiger partial charge in [0.25, 0.3) is 5.91 Å². The molecule has 3 aromatic rings. The fourth-order valence-corrected chi connectivity index (χ4v) is 3.19. The first-order valence-electron chi connectivity index (χ1n) is 9.21. The molecular weight excluding hydrogens is 352 g/mol. The van der Waals surface area contributed by atoms with Crippen LogP contribution in [0.4, 0.5) is 0 Å². The van der Waals surface area contributed by atoms with Gasteiger partial charge in [0.1, 0.15) is 6.54 Å². The summed E-state index contributed by atoms with van der Waals surface area (Å²) in [5.41, 5.74) is 8.85. The quantitative estimate of drug-likeness (QED) is 0.650. The van der Waals surface area contributed by atoms with Crippen molar-refractivity contribution in [3.05, 3.63) is 89.2 Å². The van der Waals surface area contributed by atoms with Crippen molar-refractivity contribution in [1.29, 1.82) is 0 Å². The standard InChI is InChI=1S/C22H24N4O2/c1-16-13-17(2)26(25-16)15-22(28)24-23-21(27)14-20(18-9-5-3-6-10-18)19-11-7-4-8-12-19/h3-13,20H,14-15H2,1-2H3,(H,23,27)(H,24,28). The molecule has 1 aromatic heterocycles. The number of carbonyl (C=O) groups is 2. The molecule has 2 aromatic carbocycles. The van der Waals surface area contributed by atoms with Crippen LogP contribution in [0, 0.1) is 13.8 Å². The zero-order valence-corrected chi connectivity index (χ0v) is 16.1. The normalized spacial score (nSPS) is 10.7. The lowest BCUT2D eigenvalue weighted by atomic mass is 9.88. The Balaban J connectivity index is 1.61. The summed E-state index contributed by atoms with van der Waals surface area (Å²) in [6.45, 7) is 3.81. The van der Waals surface area contributed by atoms with Crippen LogP contribution >= 0.6 is 0 Å². The van der Waals surface area contributed by atoms with E-state index in [0.717, 1.165) is 22.5 Å². The van der Waals surface area contributed by atoms with Gasteiger partial charge in [0.15, 0.2) is 0 Å². The number of hydrogen-bond donors (Lipinski definition) is 2. The molecule has 0 spiro atoms. The number of aromatic nitrogens is 2. The van der Waals surface area contributed by atoms with Gasteiger partial charge in [-0.2, -0.15) is 5.10 Å². The van der Waals surface area contributed by atoms with Gasteiger partial charge < -0.3 is 0 Å². The summed E-state index contributed by atoms with van der Waals surface area (Å²) >= 11 is 0. The maximum Gasteiger partial charge on any atom is 0.260 e. The molecule has 0 saturated carbocycles. The number of carbonyl (C=O) groups excluding carboxylic acids is 2. The Kier molecular flexibility index (Phi) is 6.22. The van der Waals surface area contributed by atoms with Crippen LogP contribution in [0.3, 0.4) is 0 Å². The van der Waals surface area contributed by atoms with Gasteiger partial charge in [-0.1, -0.05) is 60.7 Å². The van der Waals surface area contributed by atoms with Crippen molar-refractivity contribution in [1.82, 2.24) is 20.6 Å². The fourth-order valence-electron chi connectivity index (χ4n) is 3.19. The van der Waals surface area contributed by atoms with Gasteiger partial charge in [-0.05, 0) is 31.0 Å². The Labute approximate surface area is 164 Å². The molecule has 0 atom stereocenters. The van der Waals surface area contributed by atoms with Gasteiger partial charge in [-0.3, -0.25) is 25.1 Å². The lowest BCUT2D eigenvalue weighted by Crippen LogP contribution is -2.43. The third-order valence-electron chi connectivity index (χ3n) is 4.53. The van der Waals surface area contributed by atoms with E-state index in [1.807, 2.05) is 80.6 Å². The minimum atomic E-state index is -0.324. The second-order valence-corrected chi connectivity index (χ2v) is 6.76. The lowest BCUT2D eigenvalue weighted by molar-refractivity contribution is -0.129. The maximum absolute atomic E-state index is 12.5. The zero-order chi connectivity index (χ0) is 19.9. The van der Waals surface area contributed by atoms with Crippen molar-refractivity contribution in [2.75, 3.05) is 0 Å². The zero-order valence-electron chi connectivity index (χ0n) is 16.1. The average molecular weight is 376 g/mol. The van der Waals surface area contributed by atoms with E-state index in [-0.39, 0.29) is 30.7 Å². The Hall–Kier alpha value is -3.41. The summed E-state index contributed by atoms with van der Waals surface area (Å²) in [4.78, 5) is 24.6. The van der Waals surface area contributed by atoms with E-state index in [0.29, 0.717) is 0 Å². The molecule has 6 nitrogen and oxygen atoms in total. The van der Waals surface area contributed by atoms with Gasteiger partial charge in [-0.25, -0.2) is 0 Å². The molecule has 2 N–H and O–H groups in total. The van der Waals surface area contributed by atoms with Crippen LogP contribution < -0.4 is 10.9 Å². The van der Waals surface area contributed by atoms with E-state index in [1.165, 1.54) is 0 Å². The van der Waals surface area contributed by atoms with Crippen LogP contribution in [0.5, 0.6) is 0 Å². The van der Waals surface area contributed by atoms with E-state index in [2.05, 4.69) is 16.0 Å². The van der Waals surface area contributed by atoms with Crippen molar-refractivity contribution in [3.8, 4) is 0 Å². The minimum absolute atomic E-state index is 0.0563. The van der Waals surface area contributed by atoms with E-state index in [1.54, 1.807) is 4.68 Å². The monoisotopic (exact) mass is 376 g/mol. The summed E-state index contributed by atoms with van der Waals surface area (Å²) in [5, 5.41) is 4.25. The molecule has 0 aliphatic rings. The van der Waals surface area contributed by atoms with Gasteiger partial charge >= 0.3 is 0 Å². The predicted octanol–water partition coefficient (Wildman–Crippen LogP) is 2.87. The molecule has 0 fully saturated rings. The molecule has 144 valence electrons. The van der Waals surface area contributed by atoms with Gasteiger partial charge in [0, 0.05) is 18.0 Å². The highest BCUT2D eigenvalue weighted by Gasteiger charge is 2.18. The first-order valence-corrected chi connectivity index (χ1v) is 9.21. The molecule has 0 aliphatic carbocycles. The van der Waals surface area contributed by atoms with E-state index >= 15 is 0 Å². The molecule has 1 heterocycles. The first kappa shape index (κ1) is 19.4.